The summed E-state index contributed by atoms with van der Waals surface area (Å²) >= 11 is 0. The lowest BCUT2D eigenvalue weighted by molar-refractivity contribution is 0.0959. The molecule has 1 amide bonds. The van der Waals surface area contributed by atoms with E-state index >= 15 is 0 Å². The lowest BCUT2D eigenvalue weighted by Crippen LogP contribution is -2.24. The first kappa shape index (κ1) is 12.2. The molecule has 2 N–H and O–H groups in total. The molecule has 0 saturated carbocycles. The van der Waals surface area contributed by atoms with E-state index in [0.29, 0.717) is 21.9 Å². The largest absolute Gasteiger partial charge is 0.438 e. The Morgan fingerprint density at radius 2 is 1.95 bits per heavy atom. The maximum absolute atomic E-state index is 11.7. The summed E-state index contributed by atoms with van der Waals surface area (Å²) in [7, 11) is 1.47. The van der Waals surface area contributed by atoms with Gasteiger partial charge in [-0.1, -0.05) is 0 Å². The lowest BCUT2D eigenvalue weighted by atomic mass is 10.1. The third-order valence-electron chi connectivity index (χ3n) is 3.01. The molecule has 0 unspecified atom stereocenters. The summed E-state index contributed by atoms with van der Waals surface area (Å²) in [5.41, 5.74) is 0.0725. The minimum atomic E-state index is -0.485. The molecule has 0 radical (unpaired) electrons. The number of carbonyl (C=O) groups excluding carboxylic acids is 1. The molecule has 0 spiro atoms. The summed E-state index contributed by atoms with van der Waals surface area (Å²) in [5, 5.41) is 11.3. The van der Waals surface area contributed by atoms with E-state index in [9.17, 15) is 9.59 Å². The number of rotatable bonds is 1. The van der Waals surface area contributed by atoms with E-state index < -0.39 is 11.5 Å². The Bertz CT molecular complexity index is 953. The summed E-state index contributed by atoms with van der Waals surface area (Å²) < 4.78 is 10.5. The van der Waals surface area contributed by atoms with Crippen molar-refractivity contribution < 1.29 is 13.6 Å². The Morgan fingerprint density at radius 3 is 2.70 bits per heavy atom. The van der Waals surface area contributed by atoms with Gasteiger partial charge in [0, 0.05) is 18.5 Å². The van der Waals surface area contributed by atoms with Crippen LogP contribution in [-0.2, 0) is 0 Å². The van der Waals surface area contributed by atoms with Crippen LogP contribution in [0.2, 0.25) is 0 Å². The Hall–Kier alpha value is -2.89. The van der Waals surface area contributed by atoms with Gasteiger partial charge in [-0.3, -0.25) is 10.2 Å². The standard InChI is InChI=1S/C14H10N2O4/c1-16-14(18)9-6-8-10(19-13(9)15)4-2-7-3-5-11(17)20-12(7)8/h2-6,15H,1H3,(H,16,18). The van der Waals surface area contributed by atoms with Crippen molar-refractivity contribution in [2.75, 3.05) is 7.05 Å². The smallest absolute Gasteiger partial charge is 0.336 e. The molecule has 0 fully saturated rings. The molecule has 6 heteroatoms. The number of carbonyl (C=O) groups is 1. The first-order chi connectivity index (χ1) is 9.60. The highest BCUT2D eigenvalue weighted by Crippen LogP contribution is 2.23. The monoisotopic (exact) mass is 270 g/mol. The van der Waals surface area contributed by atoms with E-state index in [1.165, 1.54) is 19.2 Å². The van der Waals surface area contributed by atoms with Crippen molar-refractivity contribution in [3.05, 3.63) is 51.9 Å². The lowest BCUT2D eigenvalue weighted by Gasteiger charge is -2.04. The van der Waals surface area contributed by atoms with E-state index in [1.807, 2.05) is 0 Å². The second kappa shape index (κ2) is 4.34. The number of hydrogen-bond acceptors (Lipinski definition) is 5. The third-order valence-corrected chi connectivity index (χ3v) is 3.01. The van der Waals surface area contributed by atoms with Crippen LogP contribution < -0.4 is 16.5 Å². The molecular weight excluding hydrogens is 260 g/mol. The van der Waals surface area contributed by atoms with Crippen LogP contribution in [-0.4, -0.2) is 13.0 Å². The summed E-state index contributed by atoms with van der Waals surface area (Å²) in [5.74, 6) is -0.434. The molecule has 20 heavy (non-hydrogen) atoms. The Morgan fingerprint density at radius 1 is 1.20 bits per heavy atom. The number of nitrogens with one attached hydrogen (secondary N) is 2. The van der Waals surface area contributed by atoms with E-state index in [2.05, 4.69) is 5.32 Å². The number of fused-ring (bicyclic) bond motifs is 3. The summed E-state index contributed by atoms with van der Waals surface area (Å²) in [6.07, 6.45) is 0. The summed E-state index contributed by atoms with van der Waals surface area (Å²) in [4.78, 5) is 23.1. The van der Waals surface area contributed by atoms with Gasteiger partial charge >= 0.3 is 5.63 Å². The molecule has 3 aromatic rings. The molecule has 3 rings (SSSR count). The van der Waals surface area contributed by atoms with Crippen molar-refractivity contribution in [3.63, 3.8) is 0 Å². The molecular formula is C14H10N2O4. The van der Waals surface area contributed by atoms with Gasteiger partial charge in [0.2, 0.25) is 5.55 Å². The topological polar surface area (TPSA) is 96.3 Å². The molecule has 6 nitrogen and oxygen atoms in total. The highest BCUT2D eigenvalue weighted by Gasteiger charge is 2.12. The molecule has 0 bridgehead atoms. The first-order valence-corrected chi connectivity index (χ1v) is 5.87. The zero-order valence-electron chi connectivity index (χ0n) is 10.5. The van der Waals surface area contributed by atoms with Gasteiger partial charge in [-0.25, -0.2) is 4.79 Å². The van der Waals surface area contributed by atoms with E-state index in [-0.39, 0.29) is 11.1 Å². The fourth-order valence-corrected chi connectivity index (χ4v) is 2.04. The quantitative estimate of drug-likeness (QED) is 0.515. The number of amides is 1. The van der Waals surface area contributed by atoms with Crippen molar-refractivity contribution in [1.82, 2.24) is 5.32 Å². The predicted molar refractivity (Wildman–Crippen MR) is 71.5 cm³/mol. The highest BCUT2D eigenvalue weighted by atomic mass is 16.4. The van der Waals surface area contributed by atoms with Crippen LogP contribution in [0.5, 0.6) is 0 Å². The molecule has 100 valence electrons. The van der Waals surface area contributed by atoms with Gasteiger partial charge in [0.05, 0.1) is 5.39 Å². The van der Waals surface area contributed by atoms with Crippen molar-refractivity contribution in [1.29, 1.82) is 5.41 Å². The zero-order chi connectivity index (χ0) is 14.3. The second-order valence-corrected chi connectivity index (χ2v) is 4.22. The first-order valence-electron chi connectivity index (χ1n) is 5.87. The summed E-state index contributed by atoms with van der Waals surface area (Å²) in [6, 6.07) is 7.84. The number of hydrogen-bond donors (Lipinski definition) is 2. The van der Waals surface area contributed by atoms with Crippen LogP contribution in [0, 0.1) is 5.41 Å². The van der Waals surface area contributed by atoms with Crippen molar-refractivity contribution in [2.45, 2.75) is 0 Å². The van der Waals surface area contributed by atoms with Gasteiger partial charge in [-0.2, -0.15) is 0 Å². The molecule has 0 aliphatic rings. The molecule has 0 aliphatic carbocycles. The predicted octanol–water partition coefficient (Wildman–Crippen LogP) is 1.38. The van der Waals surface area contributed by atoms with Crippen molar-refractivity contribution >= 4 is 27.8 Å². The maximum atomic E-state index is 11.7. The molecule has 0 atom stereocenters. The minimum Gasteiger partial charge on any atom is -0.438 e. The molecule has 0 aliphatic heterocycles. The van der Waals surface area contributed by atoms with E-state index in [0.717, 1.165) is 0 Å². The Balaban J connectivity index is 2.48. The van der Waals surface area contributed by atoms with Crippen LogP contribution in [0.15, 0.2) is 44.0 Å². The van der Waals surface area contributed by atoms with Gasteiger partial charge in [0.15, 0.2) is 0 Å². The SMILES string of the molecule is CNC(=O)c1cc2c(ccc3ccc(=O)oc32)oc1=N. The molecule has 1 aromatic carbocycles. The van der Waals surface area contributed by atoms with E-state index in [4.69, 9.17) is 14.2 Å². The van der Waals surface area contributed by atoms with Gasteiger partial charge in [0.1, 0.15) is 16.7 Å². The summed E-state index contributed by atoms with van der Waals surface area (Å²) in [6.45, 7) is 0. The van der Waals surface area contributed by atoms with Crippen LogP contribution in [0.3, 0.4) is 0 Å². The zero-order valence-corrected chi connectivity index (χ0v) is 10.5. The van der Waals surface area contributed by atoms with Crippen LogP contribution >= 0.6 is 0 Å². The normalized spacial score (nSPS) is 10.8. The third kappa shape index (κ3) is 1.78. The fraction of sp³-hybridized carbons (Fsp3) is 0.0714. The molecule has 2 heterocycles. The van der Waals surface area contributed by atoms with Gasteiger partial charge in [-0.05, 0) is 24.3 Å². The fourth-order valence-electron chi connectivity index (χ4n) is 2.04. The van der Waals surface area contributed by atoms with Crippen LogP contribution in [0.25, 0.3) is 21.9 Å². The highest BCUT2D eigenvalue weighted by molar-refractivity contribution is 6.04. The molecule has 2 aromatic heterocycles. The Labute approximate surface area is 112 Å². The van der Waals surface area contributed by atoms with Gasteiger partial charge < -0.3 is 14.2 Å². The van der Waals surface area contributed by atoms with Gasteiger partial charge in [0.25, 0.3) is 5.91 Å². The minimum absolute atomic E-state index is 0.0824. The van der Waals surface area contributed by atoms with Crippen LogP contribution in [0.1, 0.15) is 10.4 Å². The van der Waals surface area contributed by atoms with Crippen molar-refractivity contribution in [3.8, 4) is 0 Å². The second-order valence-electron chi connectivity index (χ2n) is 4.22. The maximum Gasteiger partial charge on any atom is 0.336 e. The number of benzene rings is 1. The average molecular weight is 270 g/mol. The average Bonchev–Trinajstić information content (AvgIpc) is 2.45. The van der Waals surface area contributed by atoms with Gasteiger partial charge in [-0.15, -0.1) is 0 Å². The van der Waals surface area contributed by atoms with Crippen LogP contribution in [0.4, 0.5) is 0 Å². The van der Waals surface area contributed by atoms with Crippen molar-refractivity contribution in [2.24, 2.45) is 0 Å². The Kier molecular flexibility index (Phi) is 2.64. The molecule has 0 saturated heterocycles. The van der Waals surface area contributed by atoms with E-state index in [1.54, 1.807) is 18.2 Å².